The molecule has 0 aliphatic heterocycles. The minimum atomic E-state index is -0.943. The van der Waals surface area contributed by atoms with E-state index in [0.29, 0.717) is 0 Å². The smallest absolute Gasteiger partial charge is 0.335 e. The van der Waals surface area contributed by atoms with Gasteiger partial charge in [-0.25, -0.2) is 4.79 Å². The summed E-state index contributed by atoms with van der Waals surface area (Å²) in [4.78, 5) is 10.9. The van der Waals surface area contributed by atoms with E-state index < -0.39 is 5.97 Å². The average Bonchev–Trinajstić information content (AvgIpc) is 2.72. The van der Waals surface area contributed by atoms with Gasteiger partial charge in [-0.1, -0.05) is 53.8 Å². The lowest BCUT2D eigenvalue weighted by Gasteiger charge is -2.12. The summed E-state index contributed by atoms with van der Waals surface area (Å²) in [5.74, 6) is 5.89. The molecule has 0 spiro atoms. The molecule has 3 heteroatoms. The van der Waals surface area contributed by atoms with E-state index in [1.807, 2.05) is 24.3 Å². The Morgan fingerprint density at radius 1 is 1.00 bits per heavy atom. The van der Waals surface area contributed by atoms with Gasteiger partial charge < -0.3 is 9.84 Å². The molecular weight excluding hydrogens is 348 g/mol. The van der Waals surface area contributed by atoms with Crippen molar-refractivity contribution in [1.29, 1.82) is 0 Å². The molecule has 28 heavy (non-hydrogen) atoms. The van der Waals surface area contributed by atoms with Crippen LogP contribution in [0.15, 0.2) is 72.8 Å². The van der Waals surface area contributed by atoms with Crippen LogP contribution in [-0.4, -0.2) is 18.2 Å². The largest absolute Gasteiger partial charge is 0.496 e. The molecule has 0 aliphatic rings. The van der Waals surface area contributed by atoms with E-state index in [9.17, 15) is 4.79 Å². The van der Waals surface area contributed by atoms with Gasteiger partial charge in [0.1, 0.15) is 5.75 Å². The summed E-state index contributed by atoms with van der Waals surface area (Å²) >= 11 is 0. The molecule has 0 saturated heterocycles. The average molecular weight is 368 g/mol. The summed E-state index contributed by atoms with van der Waals surface area (Å²) in [6.45, 7) is 2.06. The molecule has 0 fully saturated rings. The number of allylic oxidation sites excluding steroid dienone is 1. The van der Waals surface area contributed by atoms with Crippen molar-refractivity contribution in [2.24, 2.45) is 0 Å². The fourth-order valence-corrected chi connectivity index (χ4v) is 2.84. The summed E-state index contributed by atoms with van der Waals surface area (Å²) in [6.07, 6.45) is 3.74. The fraction of sp³-hybridized carbons (Fsp3) is 0.0800. The van der Waals surface area contributed by atoms with Crippen LogP contribution in [0.5, 0.6) is 5.75 Å². The Hall–Kier alpha value is -3.77. The molecule has 0 heterocycles. The Bertz CT molecular complexity index is 1060. The Kier molecular flexibility index (Phi) is 5.94. The molecule has 0 radical (unpaired) electrons. The molecule has 0 atom stereocenters. The molecule has 138 valence electrons. The van der Waals surface area contributed by atoms with Crippen molar-refractivity contribution >= 4 is 12.0 Å². The molecule has 0 saturated carbocycles. The van der Waals surface area contributed by atoms with Gasteiger partial charge in [0, 0.05) is 11.1 Å². The van der Waals surface area contributed by atoms with Crippen LogP contribution in [0.25, 0.3) is 17.2 Å². The van der Waals surface area contributed by atoms with Crippen LogP contribution in [0.4, 0.5) is 0 Å². The van der Waals surface area contributed by atoms with Gasteiger partial charge in [-0.15, -0.1) is 0 Å². The maximum atomic E-state index is 10.9. The number of hydrogen-bond acceptors (Lipinski definition) is 2. The van der Waals surface area contributed by atoms with Crippen LogP contribution >= 0.6 is 0 Å². The lowest BCUT2D eigenvalue weighted by Crippen LogP contribution is -1.94. The molecule has 0 unspecified atom stereocenters. The predicted molar refractivity (Wildman–Crippen MR) is 112 cm³/mol. The number of carboxylic acid groups (broad SMARTS) is 1. The predicted octanol–water partition coefficient (Wildman–Crippen LogP) is 5.43. The van der Waals surface area contributed by atoms with Crippen LogP contribution in [-0.2, 0) is 0 Å². The highest BCUT2D eigenvalue weighted by Gasteiger charge is 2.09. The molecule has 3 aromatic rings. The number of benzene rings is 3. The monoisotopic (exact) mass is 368 g/mol. The molecule has 0 amide bonds. The molecule has 0 aliphatic carbocycles. The van der Waals surface area contributed by atoms with Gasteiger partial charge in [0.25, 0.3) is 0 Å². The van der Waals surface area contributed by atoms with Gasteiger partial charge in [0.05, 0.1) is 12.7 Å². The van der Waals surface area contributed by atoms with Crippen LogP contribution in [0, 0.1) is 18.8 Å². The first-order valence-electron chi connectivity index (χ1n) is 8.84. The number of aryl methyl sites for hydroxylation is 1. The van der Waals surface area contributed by atoms with Crippen molar-refractivity contribution in [2.75, 3.05) is 7.11 Å². The minimum Gasteiger partial charge on any atom is -0.496 e. The van der Waals surface area contributed by atoms with E-state index in [1.54, 1.807) is 37.5 Å². The molecular formula is C25H20O3. The lowest BCUT2D eigenvalue weighted by molar-refractivity contribution is 0.0697. The normalized spacial score (nSPS) is 10.4. The van der Waals surface area contributed by atoms with Gasteiger partial charge in [-0.2, -0.15) is 0 Å². The second kappa shape index (κ2) is 8.75. The van der Waals surface area contributed by atoms with Crippen molar-refractivity contribution in [3.63, 3.8) is 0 Å². The number of aromatic carboxylic acids is 1. The van der Waals surface area contributed by atoms with Gasteiger partial charge in [0.15, 0.2) is 0 Å². The van der Waals surface area contributed by atoms with E-state index in [0.717, 1.165) is 28.0 Å². The van der Waals surface area contributed by atoms with E-state index in [1.165, 1.54) is 5.56 Å². The lowest BCUT2D eigenvalue weighted by atomic mass is 9.97. The first-order valence-corrected chi connectivity index (χ1v) is 8.84. The van der Waals surface area contributed by atoms with Crippen LogP contribution in [0.1, 0.15) is 27.0 Å². The van der Waals surface area contributed by atoms with E-state index in [-0.39, 0.29) is 5.56 Å². The zero-order valence-electron chi connectivity index (χ0n) is 15.8. The fourth-order valence-electron chi connectivity index (χ4n) is 2.84. The zero-order valence-corrected chi connectivity index (χ0v) is 15.8. The number of rotatable bonds is 4. The van der Waals surface area contributed by atoms with Crippen molar-refractivity contribution in [2.45, 2.75) is 6.92 Å². The standard InChI is InChI=1S/C25H20O3/c1-18-10-14-21(15-11-18)24-20(8-5-9-23(24)28-2)7-4-3-6-19-12-16-22(17-13-19)25(26)27/h4-5,7-17H,1-2H3,(H,26,27)/b7-4+. The van der Waals surface area contributed by atoms with Crippen molar-refractivity contribution in [1.82, 2.24) is 0 Å². The van der Waals surface area contributed by atoms with Gasteiger partial charge in [0.2, 0.25) is 0 Å². The number of hydrogen-bond donors (Lipinski definition) is 1. The van der Waals surface area contributed by atoms with E-state index in [4.69, 9.17) is 9.84 Å². The van der Waals surface area contributed by atoms with Crippen LogP contribution in [0.2, 0.25) is 0 Å². The second-order valence-corrected chi connectivity index (χ2v) is 6.28. The quantitative estimate of drug-likeness (QED) is 0.624. The first kappa shape index (κ1) is 19.0. The zero-order chi connectivity index (χ0) is 19.9. The third-order valence-corrected chi connectivity index (χ3v) is 4.31. The number of methoxy groups -OCH3 is 1. The van der Waals surface area contributed by atoms with E-state index >= 15 is 0 Å². The molecule has 3 rings (SSSR count). The SMILES string of the molecule is COc1cccc(/C=C/C#Cc2ccc(C(=O)O)cc2)c1-c1ccc(C)cc1. The number of ether oxygens (including phenoxy) is 1. The molecule has 1 N–H and O–H groups in total. The summed E-state index contributed by atoms with van der Waals surface area (Å²) in [7, 11) is 1.67. The number of carboxylic acids is 1. The van der Waals surface area contributed by atoms with Crippen LogP contribution in [0.3, 0.4) is 0 Å². The molecule has 3 nitrogen and oxygen atoms in total. The summed E-state index contributed by atoms with van der Waals surface area (Å²) in [5, 5.41) is 8.94. The summed E-state index contributed by atoms with van der Waals surface area (Å²) in [5.41, 5.74) is 5.34. The summed E-state index contributed by atoms with van der Waals surface area (Å²) < 4.78 is 5.56. The topological polar surface area (TPSA) is 46.5 Å². The molecule has 0 bridgehead atoms. The Morgan fingerprint density at radius 3 is 2.36 bits per heavy atom. The van der Waals surface area contributed by atoms with Gasteiger partial charge >= 0.3 is 5.97 Å². The number of carbonyl (C=O) groups is 1. The molecule has 3 aromatic carbocycles. The van der Waals surface area contributed by atoms with Gasteiger partial charge in [-0.3, -0.25) is 0 Å². The first-order chi connectivity index (χ1) is 13.6. The van der Waals surface area contributed by atoms with Crippen molar-refractivity contribution in [3.05, 3.63) is 95.1 Å². The molecule has 0 aromatic heterocycles. The third kappa shape index (κ3) is 4.49. The third-order valence-electron chi connectivity index (χ3n) is 4.31. The highest BCUT2D eigenvalue weighted by Crippen LogP contribution is 2.34. The Labute approximate surface area is 164 Å². The highest BCUT2D eigenvalue weighted by molar-refractivity contribution is 5.87. The maximum Gasteiger partial charge on any atom is 0.335 e. The Balaban J connectivity index is 1.88. The summed E-state index contributed by atoms with van der Waals surface area (Å²) in [6, 6.07) is 20.8. The minimum absolute atomic E-state index is 0.250. The van der Waals surface area contributed by atoms with Gasteiger partial charge in [-0.05, 0) is 60.5 Å². The van der Waals surface area contributed by atoms with Crippen molar-refractivity contribution in [3.8, 4) is 28.7 Å². The van der Waals surface area contributed by atoms with Crippen molar-refractivity contribution < 1.29 is 14.6 Å². The highest BCUT2D eigenvalue weighted by atomic mass is 16.5. The Morgan fingerprint density at radius 2 is 1.71 bits per heavy atom. The van der Waals surface area contributed by atoms with Crippen LogP contribution < -0.4 is 4.74 Å². The van der Waals surface area contributed by atoms with E-state index in [2.05, 4.69) is 43.0 Å². The second-order valence-electron chi connectivity index (χ2n) is 6.28. The maximum absolute atomic E-state index is 10.9.